The number of aromatic nitrogens is 1. The van der Waals surface area contributed by atoms with E-state index in [4.69, 9.17) is 4.74 Å². The standard InChI is InChI=1S/C18H11F5N2O2/c1-27-15-5-2-9-6-11(3-4-14(9)25-15)24-17(26)16-12(19)7-10(8-13(16)20)18(21,22)23/h2-8H,1H3,(H,24,26). The van der Waals surface area contributed by atoms with Crippen molar-refractivity contribution in [1.82, 2.24) is 4.98 Å². The predicted octanol–water partition coefficient (Wildman–Crippen LogP) is 4.79. The third kappa shape index (κ3) is 3.81. The van der Waals surface area contributed by atoms with Crippen molar-refractivity contribution in [2.24, 2.45) is 0 Å². The summed E-state index contributed by atoms with van der Waals surface area (Å²) >= 11 is 0. The van der Waals surface area contributed by atoms with Gasteiger partial charge in [0, 0.05) is 17.1 Å². The van der Waals surface area contributed by atoms with Gasteiger partial charge in [-0.05, 0) is 36.4 Å². The smallest absolute Gasteiger partial charge is 0.416 e. The molecule has 0 saturated heterocycles. The normalized spacial score (nSPS) is 11.5. The summed E-state index contributed by atoms with van der Waals surface area (Å²) in [5.41, 5.74) is -1.87. The molecule has 2 aromatic carbocycles. The summed E-state index contributed by atoms with van der Waals surface area (Å²) in [5, 5.41) is 2.87. The van der Waals surface area contributed by atoms with Crippen LogP contribution in [0.2, 0.25) is 0 Å². The van der Waals surface area contributed by atoms with E-state index in [-0.39, 0.29) is 17.8 Å². The van der Waals surface area contributed by atoms with Gasteiger partial charge in [-0.3, -0.25) is 4.79 Å². The zero-order valence-corrected chi connectivity index (χ0v) is 13.7. The molecule has 0 aliphatic carbocycles. The molecule has 3 aromatic rings. The summed E-state index contributed by atoms with van der Waals surface area (Å²) in [6, 6.07) is 7.89. The van der Waals surface area contributed by atoms with Crippen molar-refractivity contribution in [3.8, 4) is 5.88 Å². The molecule has 0 aliphatic rings. The van der Waals surface area contributed by atoms with E-state index in [1.165, 1.54) is 19.2 Å². The molecule has 4 nitrogen and oxygen atoms in total. The highest BCUT2D eigenvalue weighted by Gasteiger charge is 2.33. The number of nitrogens with one attached hydrogen (secondary N) is 1. The number of pyridine rings is 1. The number of rotatable bonds is 3. The highest BCUT2D eigenvalue weighted by molar-refractivity contribution is 6.05. The van der Waals surface area contributed by atoms with Crippen molar-refractivity contribution >= 4 is 22.5 Å². The molecule has 0 saturated carbocycles. The lowest BCUT2D eigenvalue weighted by atomic mass is 10.1. The number of methoxy groups -OCH3 is 1. The molecular weight excluding hydrogens is 371 g/mol. The maximum Gasteiger partial charge on any atom is 0.416 e. The molecule has 0 fully saturated rings. The Morgan fingerprint density at radius 3 is 2.30 bits per heavy atom. The molecule has 0 radical (unpaired) electrons. The molecule has 0 atom stereocenters. The molecule has 9 heteroatoms. The van der Waals surface area contributed by atoms with Gasteiger partial charge in [-0.25, -0.2) is 13.8 Å². The van der Waals surface area contributed by atoms with Crippen LogP contribution < -0.4 is 10.1 Å². The van der Waals surface area contributed by atoms with Crippen LogP contribution in [0.5, 0.6) is 5.88 Å². The number of carbonyl (C=O) groups excluding carboxylic acids is 1. The highest BCUT2D eigenvalue weighted by atomic mass is 19.4. The Balaban J connectivity index is 1.90. The first-order valence-corrected chi connectivity index (χ1v) is 7.51. The van der Waals surface area contributed by atoms with Crippen LogP contribution in [0.1, 0.15) is 15.9 Å². The second kappa shape index (κ2) is 6.82. The lowest BCUT2D eigenvalue weighted by Gasteiger charge is -2.11. The maximum absolute atomic E-state index is 13.9. The summed E-state index contributed by atoms with van der Waals surface area (Å²) in [6.07, 6.45) is -4.93. The SMILES string of the molecule is COc1ccc2cc(NC(=O)c3c(F)cc(C(F)(F)F)cc3F)ccc2n1. The first kappa shape index (κ1) is 18.6. The number of halogens is 5. The van der Waals surface area contributed by atoms with Gasteiger partial charge in [0.25, 0.3) is 5.91 Å². The predicted molar refractivity (Wildman–Crippen MR) is 87.6 cm³/mol. The summed E-state index contributed by atoms with van der Waals surface area (Å²) in [6.45, 7) is 0. The third-order valence-electron chi connectivity index (χ3n) is 3.73. The van der Waals surface area contributed by atoms with Gasteiger partial charge in [-0.15, -0.1) is 0 Å². The van der Waals surface area contributed by atoms with Gasteiger partial charge in [0.15, 0.2) is 0 Å². The minimum absolute atomic E-state index is 0.0780. The number of carbonyl (C=O) groups is 1. The van der Waals surface area contributed by atoms with Crippen molar-refractivity contribution in [3.63, 3.8) is 0 Å². The number of hydrogen-bond acceptors (Lipinski definition) is 3. The van der Waals surface area contributed by atoms with Crippen LogP contribution in [-0.4, -0.2) is 18.0 Å². The van der Waals surface area contributed by atoms with E-state index in [0.29, 0.717) is 16.8 Å². The molecule has 1 N–H and O–H groups in total. The Hall–Kier alpha value is -3.23. The second-order valence-corrected chi connectivity index (χ2v) is 5.53. The molecule has 1 aromatic heterocycles. The number of ether oxygens (including phenoxy) is 1. The van der Waals surface area contributed by atoms with Gasteiger partial charge in [0.05, 0.1) is 18.2 Å². The van der Waals surface area contributed by atoms with E-state index < -0.39 is 34.8 Å². The molecule has 0 bridgehead atoms. The van der Waals surface area contributed by atoms with Gasteiger partial charge >= 0.3 is 6.18 Å². The Morgan fingerprint density at radius 1 is 1.04 bits per heavy atom. The first-order valence-electron chi connectivity index (χ1n) is 7.51. The van der Waals surface area contributed by atoms with E-state index in [1.807, 2.05) is 0 Å². The van der Waals surface area contributed by atoms with E-state index in [9.17, 15) is 26.7 Å². The van der Waals surface area contributed by atoms with Crippen molar-refractivity contribution < 1.29 is 31.5 Å². The summed E-state index contributed by atoms with van der Waals surface area (Å²) in [4.78, 5) is 16.3. The summed E-state index contributed by atoms with van der Waals surface area (Å²) in [5.74, 6) is -4.04. The zero-order chi connectivity index (χ0) is 19.8. The number of anilines is 1. The minimum atomic E-state index is -4.93. The fraction of sp³-hybridized carbons (Fsp3) is 0.111. The number of fused-ring (bicyclic) bond motifs is 1. The lowest BCUT2D eigenvalue weighted by molar-refractivity contribution is -0.138. The van der Waals surface area contributed by atoms with Gasteiger partial charge in [-0.1, -0.05) is 0 Å². The minimum Gasteiger partial charge on any atom is -0.481 e. The number of hydrogen-bond donors (Lipinski definition) is 1. The first-order chi connectivity index (χ1) is 12.7. The topological polar surface area (TPSA) is 51.2 Å². The van der Waals surface area contributed by atoms with Crippen LogP contribution in [0, 0.1) is 11.6 Å². The number of benzene rings is 2. The molecule has 140 valence electrons. The Morgan fingerprint density at radius 2 is 1.70 bits per heavy atom. The maximum atomic E-state index is 13.9. The van der Waals surface area contributed by atoms with E-state index in [0.717, 1.165) is 0 Å². The molecule has 0 unspecified atom stereocenters. The molecular formula is C18H11F5N2O2. The monoisotopic (exact) mass is 382 g/mol. The lowest BCUT2D eigenvalue weighted by Crippen LogP contribution is -2.17. The summed E-state index contributed by atoms with van der Waals surface area (Å²) in [7, 11) is 1.45. The van der Waals surface area contributed by atoms with Gasteiger partial charge in [0.1, 0.15) is 17.2 Å². The quantitative estimate of drug-likeness (QED) is 0.663. The molecule has 0 aliphatic heterocycles. The average Bonchev–Trinajstić information content (AvgIpc) is 2.59. The van der Waals surface area contributed by atoms with Gasteiger partial charge in [0.2, 0.25) is 5.88 Å². The Kier molecular flexibility index (Phi) is 4.69. The molecule has 1 amide bonds. The summed E-state index contributed by atoms with van der Waals surface area (Å²) < 4.78 is 70.5. The molecule has 3 rings (SSSR count). The number of nitrogens with zero attached hydrogens (tertiary/aromatic N) is 1. The van der Waals surface area contributed by atoms with Crippen LogP contribution in [0.15, 0.2) is 42.5 Å². The fourth-order valence-electron chi connectivity index (χ4n) is 2.45. The van der Waals surface area contributed by atoms with Crippen molar-refractivity contribution in [1.29, 1.82) is 0 Å². The van der Waals surface area contributed by atoms with Gasteiger partial charge in [-0.2, -0.15) is 13.2 Å². The molecule has 27 heavy (non-hydrogen) atoms. The Labute approximate surface area is 149 Å². The zero-order valence-electron chi connectivity index (χ0n) is 13.7. The third-order valence-corrected chi connectivity index (χ3v) is 3.73. The van der Waals surface area contributed by atoms with Crippen molar-refractivity contribution in [2.45, 2.75) is 6.18 Å². The van der Waals surface area contributed by atoms with Crippen molar-refractivity contribution in [3.05, 3.63) is 65.2 Å². The van der Waals surface area contributed by atoms with Gasteiger partial charge < -0.3 is 10.1 Å². The second-order valence-electron chi connectivity index (χ2n) is 5.53. The molecule has 1 heterocycles. The fourth-order valence-corrected chi connectivity index (χ4v) is 2.45. The van der Waals surface area contributed by atoms with Crippen LogP contribution in [0.25, 0.3) is 10.9 Å². The largest absolute Gasteiger partial charge is 0.481 e. The molecule has 0 spiro atoms. The highest BCUT2D eigenvalue weighted by Crippen LogP contribution is 2.31. The van der Waals surface area contributed by atoms with Crippen LogP contribution >= 0.6 is 0 Å². The Bertz CT molecular complexity index is 1010. The van der Waals surface area contributed by atoms with Crippen LogP contribution in [0.4, 0.5) is 27.6 Å². The van der Waals surface area contributed by atoms with E-state index >= 15 is 0 Å². The van der Waals surface area contributed by atoms with Crippen LogP contribution in [-0.2, 0) is 6.18 Å². The van der Waals surface area contributed by atoms with Crippen LogP contribution in [0.3, 0.4) is 0 Å². The van der Waals surface area contributed by atoms with Crippen molar-refractivity contribution in [2.75, 3.05) is 12.4 Å². The van der Waals surface area contributed by atoms with E-state index in [2.05, 4.69) is 10.3 Å². The number of amides is 1. The number of alkyl halides is 3. The van der Waals surface area contributed by atoms with E-state index in [1.54, 1.807) is 18.2 Å². The average molecular weight is 382 g/mol.